The van der Waals surface area contributed by atoms with E-state index in [4.69, 9.17) is 16.3 Å². The van der Waals surface area contributed by atoms with Crippen LogP contribution >= 0.6 is 23.4 Å². The van der Waals surface area contributed by atoms with Gasteiger partial charge in [-0.05, 0) is 30.6 Å². The number of hydrogen-bond donors (Lipinski definition) is 0. The Bertz CT molecular complexity index is 328. The van der Waals surface area contributed by atoms with Crippen LogP contribution in [0.2, 0.25) is 5.02 Å². The normalized spacial score (nSPS) is 10.0. The number of para-hydroxylation sites is 1. The second-order valence-corrected chi connectivity index (χ2v) is 4.36. The summed E-state index contributed by atoms with van der Waals surface area (Å²) >= 11 is 7.70. The van der Waals surface area contributed by atoms with Crippen LogP contribution in [0.1, 0.15) is 16.8 Å². The van der Waals surface area contributed by atoms with Crippen molar-refractivity contribution in [1.29, 1.82) is 0 Å². The molecule has 0 aliphatic carbocycles. The minimum Gasteiger partial charge on any atom is -0.491 e. The average Bonchev–Trinajstić information content (AvgIpc) is 2.26. The Morgan fingerprint density at radius 1 is 1.53 bits per heavy atom. The Kier molecular flexibility index (Phi) is 5.58. The van der Waals surface area contributed by atoms with Gasteiger partial charge in [-0.25, -0.2) is 0 Å². The van der Waals surface area contributed by atoms with Gasteiger partial charge < -0.3 is 4.74 Å². The van der Waals surface area contributed by atoms with Crippen molar-refractivity contribution in [1.82, 2.24) is 0 Å². The van der Waals surface area contributed by atoms with Crippen molar-refractivity contribution >= 4 is 29.6 Å². The molecular weight excluding hydrogens is 232 g/mol. The van der Waals surface area contributed by atoms with E-state index in [1.807, 2.05) is 6.26 Å². The van der Waals surface area contributed by atoms with Gasteiger partial charge in [0, 0.05) is 0 Å². The summed E-state index contributed by atoms with van der Waals surface area (Å²) in [5, 5.41) is 0.490. The molecule has 0 atom stereocenters. The number of carbonyl (C=O) groups is 1. The van der Waals surface area contributed by atoms with E-state index in [-0.39, 0.29) is 0 Å². The van der Waals surface area contributed by atoms with Crippen molar-refractivity contribution in [2.75, 3.05) is 18.6 Å². The van der Waals surface area contributed by atoms with Gasteiger partial charge in [0.05, 0.1) is 17.2 Å². The zero-order valence-electron chi connectivity index (χ0n) is 8.53. The minimum absolute atomic E-state index is 0.490. The molecule has 0 amide bonds. The molecule has 0 aromatic heterocycles. The molecule has 0 saturated heterocycles. The molecule has 0 radical (unpaired) electrons. The maximum absolute atomic E-state index is 10.7. The van der Waals surface area contributed by atoms with Crippen molar-refractivity contribution in [3.63, 3.8) is 0 Å². The zero-order chi connectivity index (χ0) is 11.1. The molecule has 0 fully saturated rings. The number of halogens is 1. The second-order valence-electron chi connectivity index (χ2n) is 2.97. The van der Waals surface area contributed by atoms with Crippen LogP contribution in [0.5, 0.6) is 5.75 Å². The Morgan fingerprint density at radius 2 is 2.33 bits per heavy atom. The van der Waals surface area contributed by atoms with Crippen LogP contribution in [0.25, 0.3) is 0 Å². The first-order chi connectivity index (χ1) is 7.29. The highest BCUT2D eigenvalue weighted by Gasteiger charge is 2.06. The average molecular weight is 245 g/mol. The number of thioether (sulfide) groups is 1. The van der Waals surface area contributed by atoms with Crippen molar-refractivity contribution in [2.24, 2.45) is 0 Å². The van der Waals surface area contributed by atoms with Crippen LogP contribution in [-0.4, -0.2) is 24.9 Å². The first-order valence-corrected chi connectivity index (χ1v) is 6.42. The molecule has 4 heteroatoms. The number of carbonyl (C=O) groups excluding carboxylic acids is 1. The molecule has 0 aliphatic heterocycles. The van der Waals surface area contributed by atoms with Crippen LogP contribution in [0.4, 0.5) is 0 Å². The van der Waals surface area contributed by atoms with Gasteiger partial charge in [-0.3, -0.25) is 4.79 Å². The van der Waals surface area contributed by atoms with Crippen LogP contribution in [0.3, 0.4) is 0 Å². The molecule has 2 nitrogen and oxygen atoms in total. The Labute approximate surface area is 99.0 Å². The number of hydrogen-bond acceptors (Lipinski definition) is 3. The molecule has 1 aromatic rings. The van der Waals surface area contributed by atoms with Crippen molar-refractivity contribution in [2.45, 2.75) is 6.42 Å². The summed E-state index contributed by atoms with van der Waals surface area (Å²) in [5.41, 5.74) is 0.506. The first-order valence-electron chi connectivity index (χ1n) is 4.65. The molecule has 15 heavy (non-hydrogen) atoms. The lowest BCUT2D eigenvalue weighted by molar-refractivity contribution is 0.111. The third-order valence-electron chi connectivity index (χ3n) is 1.86. The fourth-order valence-corrected chi connectivity index (χ4v) is 1.79. The molecule has 0 N–H and O–H groups in total. The number of ether oxygens (including phenoxy) is 1. The van der Waals surface area contributed by atoms with Gasteiger partial charge in [0.1, 0.15) is 5.75 Å². The standard InChI is InChI=1S/C11H13ClO2S/c1-15-7-3-6-14-11-9(8-13)4-2-5-10(11)12/h2,4-5,8H,3,6-7H2,1H3. The molecule has 82 valence electrons. The van der Waals surface area contributed by atoms with E-state index in [0.29, 0.717) is 22.9 Å². The lowest BCUT2D eigenvalue weighted by Crippen LogP contribution is -2.01. The summed E-state index contributed by atoms with van der Waals surface area (Å²) in [4.78, 5) is 10.7. The number of aldehydes is 1. The topological polar surface area (TPSA) is 26.3 Å². The predicted molar refractivity (Wildman–Crippen MR) is 65.3 cm³/mol. The molecular formula is C11H13ClO2S. The van der Waals surface area contributed by atoms with E-state index in [2.05, 4.69) is 0 Å². The second kappa shape index (κ2) is 6.75. The lowest BCUT2D eigenvalue weighted by Gasteiger charge is -2.09. The zero-order valence-corrected chi connectivity index (χ0v) is 10.1. The first kappa shape index (κ1) is 12.4. The quantitative estimate of drug-likeness (QED) is 0.568. The lowest BCUT2D eigenvalue weighted by atomic mass is 10.2. The largest absolute Gasteiger partial charge is 0.491 e. The van der Waals surface area contributed by atoms with Gasteiger partial charge in [-0.15, -0.1) is 0 Å². The molecule has 1 aromatic carbocycles. The van der Waals surface area contributed by atoms with Gasteiger partial charge in [-0.2, -0.15) is 11.8 Å². The summed E-state index contributed by atoms with van der Waals surface area (Å²) < 4.78 is 5.48. The predicted octanol–water partition coefficient (Wildman–Crippen LogP) is 3.28. The fourth-order valence-electron chi connectivity index (χ4n) is 1.15. The van der Waals surface area contributed by atoms with Crippen LogP contribution in [0, 0.1) is 0 Å². The summed E-state index contributed by atoms with van der Waals surface area (Å²) in [6.45, 7) is 0.589. The van der Waals surface area contributed by atoms with Crippen molar-refractivity contribution in [3.05, 3.63) is 28.8 Å². The highest BCUT2D eigenvalue weighted by molar-refractivity contribution is 7.98. The molecule has 0 heterocycles. The van der Waals surface area contributed by atoms with Crippen LogP contribution in [0.15, 0.2) is 18.2 Å². The Balaban J connectivity index is 2.62. The fraction of sp³-hybridized carbons (Fsp3) is 0.364. The van der Waals surface area contributed by atoms with E-state index in [1.54, 1.807) is 30.0 Å². The minimum atomic E-state index is 0.490. The van der Waals surface area contributed by atoms with E-state index in [9.17, 15) is 4.79 Å². The van der Waals surface area contributed by atoms with E-state index >= 15 is 0 Å². The van der Waals surface area contributed by atoms with Crippen molar-refractivity contribution < 1.29 is 9.53 Å². The summed E-state index contributed by atoms with van der Waals surface area (Å²) in [6.07, 6.45) is 3.76. The maximum Gasteiger partial charge on any atom is 0.153 e. The van der Waals surface area contributed by atoms with Gasteiger partial charge in [-0.1, -0.05) is 17.7 Å². The third kappa shape index (κ3) is 3.76. The maximum atomic E-state index is 10.7. The van der Waals surface area contributed by atoms with E-state index in [0.717, 1.165) is 18.5 Å². The molecule has 1 rings (SSSR count). The van der Waals surface area contributed by atoms with Gasteiger partial charge in [0.25, 0.3) is 0 Å². The summed E-state index contributed by atoms with van der Waals surface area (Å²) in [6, 6.07) is 5.15. The van der Waals surface area contributed by atoms with E-state index < -0.39 is 0 Å². The summed E-state index contributed by atoms with van der Waals surface area (Å²) in [5.74, 6) is 1.54. The van der Waals surface area contributed by atoms with Crippen LogP contribution in [-0.2, 0) is 0 Å². The van der Waals surface area contributed by atoms with Gasteiger partial charge >= 0.3 is 0 Å². The molecule has 0 saturated carbocycles. The SMILES string of the molecule is CSCCCOc1c(Cl)cccc1C=O. The molecule has 0 unspecified atom stereocenters. The van der Waals surface area contributed by atoms with Crippen LogP contribution < -0.4 is 4.74 Å². The molecule has 0 spiro atoms. The molecule has 0 aliphatic rings. The third-order valence-corrected chi connectivity index (χ3v) is 2.86. The van der Waals surface area contributed by atoms with E-state index in [1.165, 1.54) is 0 Å². The Hall–Kier alpha value is -0.670. The van der Waals surface area contributed by atoms with Gasteiger partial charge in [0.15, 0.2) is 6.29 Å². The monoisotopic (exact) mass is 244 g/mol. The highest BCUT2D eigenvalue weighted by atomic mass is 35.5. The molecule has 0 bridgehead atoms. The Morgan fingerprint density at radius 3 is 3.00 bits per heavy atom. The smallest absolute Gasteiger partial charge is 0.153 e. The summed E-state index contributed by atoms with van der Waals surface area (Å²) in [7, 11) is 0. The highest BCUT2D eigenvalue weighted by Crippen LogP contribution is 2.27. The number of benzene rings is 1. The van der Waals surface area contributed by atoms with Gasteiger partial charge in [0.2, 0.25) is 0 Å². The number of rotatable bonds is 6. The van der Waals surface area contributed by atoms with Crippen molar-refractivity contribution in [3.8, 4) is 5.75 Å².